The molecule has 1 aromatic rings. The number of benzene rings is 1. The van der Waals surface area contributed by atoms with E-state index in [0.717, 1.165) is 17.1 Å². The van der Waals surface area contributed by atoms with Crippen LogP contribution < -0.4 is 0 Å². The highest BCUT2D eigenvalue weighted by molar-refractivity contribution is 7.99. The zero-order valence-corrected chi connectivity index (χ0v) is 11.9. The van der Waals surface area contributed by atoms with Crippen LogP contribution in [0.2, 0.25) is 5.02 Å². The fourth-order valence-corrected chi connectivity index (χ4v) is 2.67. The number of unbranched alkanes of at least 4 members (excludes halogenated alkanes) is 2. The molecule has 0 atom stereocenters. The highest BCUT2D eigenvalue weighted by atomic mass is 35.5. The molecule has 0 bridgehead atoms. The van der Waals surface area contributed by atoms with Crippen molar-refractivity contribution < 1.29 is 4.39 Å². The summed E-state index contributed by atoms with van der Waals surface area (Å²) in [5, 5.41) is 2.59. The van der Waals surface area contributed by atoms with E-state index in [9.17, 15) is 4.39 Å². The molecule has 0 heterocycles. The van der Waals surface area contributed by atoms with Gasteiger partial charge in [0.2, 0.25) is 0 Å². The van der Waals surface area contributed by atoms with E-state index in [1.165, 1.54) is 18.9 Å². The number of hydrogen-bond acceptors (Lipinski definition) is 3. The molecule has 0 aliphatic carbocycles. The highest BCUT2D eigenvalue weighted by Crippen LogP contribution is 2.33. The Morgan fingerprint density at radius 1 is 1.47 bits per heavy atom. The molecule has 1 nitrogen and oxygen atoms in total. The van der Waals surface area contributed by atoms with Crippen molar-refractivity contribution in [2.45, 2.75) is 31.1 Å². The molecule has 0 saturated carbocycles. The smallest absolute Gasteiger partial charge is 0.151 e. The van der Waals surface area contributed by atoms with Gasteiger partial charge in [0.15, 0.2) is 5.82 Å². The summed E-state index contributed by atoms with van der Waals surface area (Å²) in [5.41, 5.74) is 0.197. The molecule has 0 unspecified atom stereocenters. The topological polar surface area (TPSA) is 12.4 Å². The third-order valence-electron chi connectivity index (χ3n) is 2.17. The molecular formula is C12H13ClFNS2. The van der Waals surface area contributed by atoms with Crippen molar-refractivity contribution in [3.05, 3.63) is 23.0 Å². The quantitative estimate of drug-likeness (QED) is 0.297. The van der Waals surface area contributed by atoms with Crippen LogP contribution in [0.3, 0.4) is 0 Å². The van der Waals surface area contributed by atoms with Gasteiger partial charge in [-0.25, -0.2) is 4.39 Å². The van der Waals surface area contributed by atoms with Crippen molar-refractivity contribution >= 4 is 46.4 Å². The van der Waals surface area contributed by atoms with Crippen LogP contribution in [0.15, 0.2) is 22.0 Å². The summed E-state index contributed by atoms with van der Waals surface area (Å²) >= 11 is 12.0. The zero-order valence-electron chi connectivity index (χ0n) is 9.50. The van der Waals surface area contributed by atoms with Gasteiger partial charge in [-0.15, -0.1) is 11.8 Å². The summed E-state index contributed by atoms with van der Waals surface area (Å²) in [4.78, 5) is 4.51. The van der Waals surface area contributed by atoms with Crippen molar-refractivity contribution in [3.8, 4) is 0 Å². The number of rotatable bonds is 6. The van der Waals surface area contributed by atoms with E-state index in [2.05, 4.69) is 29.3 Å². The maximum absolute atomic E-state index is 13.4. The van der Waals surface area contributed by atoms with E-state index >= 15 is 0 Å². The van der Waals surface area contributed by atoms with Gasteiger partial charge in [-0.1, -0.05) is 31.4 Å². The van der Waals surface area contributed by atoms with Gasteiger partial charge in [-0.3, -0.25) is 0 Å². The molecule has 0 aromatic heterocycles. The molecule has 0 aliphatic heterocycles. The second kappa shape index (κ2) is 7.83. The van der Waals surface area contributed by atoms with Crippen molar-refractivity contribution in [1.29, 1.82) is 0 Å². The molecule has 92 valence electrons. The minimum absolute atomic E-state index is 0.197. The summed E-state index contributed by atoms with van der Waals surface area (Å²) in [7, 11) is 0. The van der Waals surface area contributed by atoms with E-state index in [4.69, 9.17) is 11.6 Å². The molecule has 0 N–H and O–H groups in total. The van der Waals surface area contributed by atoms with Crippen molar-refractivity contribution in [2.75, 3.05) is 5.75 Å². The predicted octanol–water partition coefficient (Wildman–Crippen LogP) is 5.50. The van der Waals surface area contributed by atoms with Gasteiger partial charge in [0, 0.05) is 4.90 Å². The Morgan fingerprint density at radius 2 is 2.24 bits per heavy atom. The van der Waals surface area contributed by atoms with Crippen molar-refractivity contribution in [1.82, 2.24) is 0 Å². The first-order valence-electron chi connectivity index (χ1n) is 5.38. The van der Waals surface area contributed by atoms with Crippen LogP contribution in [-0.2, 0) is 0 Å². The molecular weight excluding hydrogens is 277 g/mol. The average molecular weight is 290 g/mol. The average Bonchev–Trinajstić information content (AvgIpc) is 2.30. The Bertz CT molecular complexity index is 431. The lowest BCUT2D eigenvalue weighted by atomic mass is 10.3. The number of hydrogen-bond donors (Lipinski definition) is 0. The molecule has 0 amide bonds. The number of nitrogens with zero attached hydrogens (tertiary/aromatic N) is 1. The monoisotopic (exact) mass is 289 g/mol. The van der Waals surface area contributed by atoms with Gasteiger partial charge >= 0.3 is 0 Å². The Morgan fingerprint density at radius 3 is 2.88 bits per heavy atom. The summed E-state index contributed by atoms with van der Waals surface area (Å²) < 4.78 is 13.4. The van der Waals surface area contributed by atoms with Gasteiger partial charge < -0.3 is 0 Å². The molecule has 0 spiro atoms. The number of isothiocyanates is 1. The first kappa shape index (κ1) is 14.7. The second-order valence-electron chi connectivity index (χ2n) is 3.49. The third kappa shape index (κ3) is 4.76. The number of thioether (sulfide) groups is 1. The minimum Gasteiger partial charge on any atom is -0.205 e. The van der Waals surface area contributed by atoms with E-state index in [-0.39, 0.29) is 5.69 Å². The van der Waals surface area contributed by atoms with Gasteiger partial charge in [0.1, 0.15) is 5.69 Å². The Kier molecular flexibility index (Phi) is 6.75. The first-order chi connectivity index (χ1) is 8.19. The van der Waals surface area contributed by atoms with Crippen LogP contribution in [-0.4, -0.2) is 10.9 Å². The molecule has 1 aromatic carbocycles. The molecule has 0 fully saturated rings. The fourth-order valence-electron chi connectivity index (χ4n) is 1.30. The zero-order chi connectivity index (χ0) is 12.7. The van der Waals surface area contributed by atoms with Crippen LogP contribution in [0, 0.1) is 5.82 Å². The third-order valence-corrected chi connectivity index (χ3v) is 3.83. The van der Waals surface area contributed by atoms with E-state index in [1.54, 1.807) is 17.8 Å². The van der Waals surface area contributed by atoms with Crippen LogP contribution >= 0.6 is 35.6 Å². The largest absolute Gasteiger partial charge is 0.205 e. The van der Waals surface area contributed by atoms with Crippen LogP contribution in [0.25, 0.3) is 0 Å². The standard InChI is InChI=1S/C12H13ClFNS2/c1-2-3-4-5-17-12-7-11(15-8-16)10(14)6-9(12)13/h6-7H,2-5H2,1H3. The number of halogens is 2. The van der Waals surface area contributed by atoms with Crippen molar-refractivity contribution in [2.24, 2.45) is 4.99 Å². The summed E-state index contributed by atoms with van der Waals surface area (Å²) in [6, 6.07) is 2.89. The van der Waals surface area contributed by atoms with Crippen LogP contribution in [0.4, 0.5) is 10.1 Å². The lowest BCUT2D eigenvalue weighted by molar-refractivity contribution is 0.629. The van der Waals surface area contributed by atoms with Gasteiger partial charge in [-0.2, -0.15) is 4.99 Å². The molecule has 0 radical (unpaired) electrons. The van der Waals surface area contributed by atoms with Gasteiger partial charge in [0.25, 0.3) is 0 Å². The van der Waals surface area contributed by atoms with E-state index < -0.39 is 5.82 Å². The van der Waals surface area contributed by atoms with Gasteiger partial charge in [-0.05, 0) is 36.5 Å². The lowest BCUT2D eigenvalue weighted by Gasteiger charge is -2.05. The highest BCUT2D eigenvalue weighted by Gasteiger charge is 2.08. The minimum atomic E-state index is -0.467. The summed E-state index contributed by atoms with van der Waals surface area (Å²) in [6.45, 7) is 2.15. The number of thiocarbonyl (C=S) groups is 1. The molecule has 0 saturated heterocycles. The molecule has 1 rings (SSSR count). The summed E-state index contributed by atoms with van der Waals surface area (Å²) in [6.07, 6.45) is 3.50. The Labute approximate surface area is 115 Å². The van der Waals surface area contributed by atoms with Crippen LogP contribution in [0.5, 0.6) is 0 Å². The number of aliphatic imine (C=N–C) groups is 1. The maximum atomic E-state index is 13.4. The van der Waals surface area contributed by atoms with E-state index in [0.29, 0.717) is 5.02 Å². The molecule has 0 aliphatic rings. The van der Waals surface area contributed by atoms with Gasteiger partial charge in [0.05, 0.1) is 10.2 Å². The normalized spacial score (nSPS) is 10.1. The Balaban J connectivity index is 2.77. The molecule has 5 heteroatoms. The van der Waals surface area contributed by atoms with Crippen LogP contribution in [0.1, 0.15) is 26.2 Å². The Hall–Kier alpha value is -0.410. The summed E-state index contributed by atoms with van der Waals surface area (Å²) in [5.74, 6) is 0.505. The fraction of sp³-hybridized carbons (Fsp3) is 0.417. The lowest BCUT2D eigenvalue weighted by Crippen LogP contribution is -1.84. The van der Waals surface area contributed by atoms with E-state index in [1.807, 2.05) is 0 Å². The predicted molar refractivity (Wildman–Crippen MR) is 76.3 cm³/mol. The second-order valence-corrected chi connectivity index (χ2v) is 5.22. The maximum Gasteiger partial charge on any atom is 0.151 e. The first-order valence-corrected chi connectivity index (χ1v) is 7.16. The SMILES string of the molecule is CCCCCSc1cc(N=C=S)c(F)cc1Cl. The molecule has 17 heavy (non-hydrogen) atoms. The van der Waals surface area contributed by atoms with Crippen molar-refractivity contribution in [3.63, 3.8) is 0 Å².